The Morgan fingerprint density at radius 1 is 1.32 bits per heavy atom. The number of hydrogen-bond acceptors (Lipinski definition) is 3. The van der Waals surface area contributed by atoms with Crippen LogP contribution in [0.15, 0.2) is 0 Å². The predicted octanol–water partition coefficient (Wildman–Crippen LogP) is 1.23. The number of rotatable bonds is 4. The number of hydrogen-bond donors (Lipinski definition) is 2. The third-order valence-electron chi connectivity index (χ3n) is 4.38. The number of nitrogens with one attached hydrogen (secondary N) is 1. The second kappa shape index (κ2) is 5.90. The first kappa shape index (κ1) is 14.3. The fraction of sp³-hybridized carbons (Fsp3) is 0.857. The van der Waals surface area contributed by atoms with E-state index in [9.17, 15) is 14.7 Å². The minimum atomic E-state index is -0.756. The van der Waals surface area contributed by atoms with Gasteiger partial charge in [0.1, 0.15) is 0 Å². The summed E-state index contributed by atoms with van der Waals surface area (Å²) >= 11 is 0. The molecule has 2 aliphatic rings. The smallest absolute Gasteiger partial charge is 0.310 e. The standard InChI is InChI=1S/C14H24N2O3/c1-14(13(18)19)7-4-8-16(10-14)9-12(17)15-11-5-2-3-6-11/h11H,2-10H2,1H3,(H,15,17)(H,18,19). The third kappa shape index (κ3) is 3.69. The van der Waals surface area contributed by atoms with Crippen LogP contribution in [0.3, 0.4) is 0 Å². The van der Waals surface area contributed by atoms with E-state index in [4.69, 9.17) is 0 Å². The average molecular weight is 268 g/mol. The molecule has 1 amide bonds. The average Bonchev–Trinajstić information content (AvgIpc) is 2.81. The Morgan fingerprint density at radius 3 is 2.63 bits per heavy atom. The molecule has 1 aliphatic heterocycles. The quantitative estimate of drug-likeness (QED) is 0.804. The van der Waals surface area contributed by atoms with Crippen LogP contribution in [0.2, 0.25) is 0 Å². The Morgan fingerprint density at radius 2 is 2.00 bits per heavy atom. The molecule has 0 aromatic carbocycles. The van der Waals surface area contributed by atoms with Crippen LogP contribution in [0, 0.1) is 5.41 Å². The van der Waals surface area contributed by atoms with E-state index < -0.39 is 11.4 Å². The monoisotopic (exact) mass is 268 g/mol. The zero-order chi connectivity index (χ0) is 13.9. The fourth-order valence-corrected chi connectivity index (χ4v) is 3.20. The van der Waals surface area contributed by atoms with Crippen LogP contribution in [-0.2, 0) is 9.59 Å². The molecule has 1 saturated heterocycles. The van der Waals surface area contributed by atoms with Gasteiger partial charge in [-0.1, -0.05) is 12.8 Å². The number of amides is 1. The van der Waals surface area contributed by atoms with Crippen LogP contribution in [0.4, 0.5) is 0 Å². The van der Waals surface area contributed by atoms with Crippen molar-refractivity contribution in [1.29, 1.82) is 0 Å². The summed E-state index contributed by atoms with van der Waals surface area (Å²) in [5.74, 6) is -0.713. The first-order valence-corrected chi connectivity index (χ1v) is 7.25. The molecule has 1 unspecified atom stereocenters. The van der Waals surface area contributed by atoms with Crippen LogP contribution in [0.25, 0.3) is 0 Å². The van der Waals surface area contributed by atoms with Gasteiger partial charge in [0.25, 0.3) is 0 Å². The van der Waals surface area contributed by atoms with Gasteiger partial charge in [0.2, 0.25) is 5.91 Å². The van der Waals surface area contributed by atoms with Crippen molar-refractivity contribution in [3.8, 4) is 0 Å². The first-order chi connectivity index (χ1) is 8.99. The van der Waals surface area contributed by atoms with Crippen molar-refractivity contribution in [2.24, 2.45) is 5.41 Å². The first-order valence-electron chi connectivity index (χ1n) is 7.25. The Balaban J connectivity index is 1.81. The lowest BCUT2D eigenvalue weighted by Gasteiger charge is -2.37. The number of carbonyl (C=O) groups is 2. The van der Waals surface area contributed by atoms with Crippen molar-refractivity contribution in [2.45, 2.75) is 51.5 Å². The molecule has 5 heteroatoms. The molecule has 0 aromatic heterocycles. The lowest BCUT2D eigenvalue weighted by Crippen LogP contribution is -2.50. The van der Waals surface area contributed by atoms with Gasteiger partial charge in [-0.2, -0.15) is 0 Å². The Labute approximate surface area is 114 Å². The molecule has 19 heavy (non-hydrogen) atoms. The molecular weight excluding hydrogens is 244 g/mol. The fourth-order valence-electron chi connectivity index (χ4n) is 3.20. The molecule has 1 heterocycles. The van der Waals surface area contributed by atoms with E-state index >= 15 is 0 Å². The van der Waals surface area contributed by atoms with Gasteiger partial charge in [-0.15, -0.1) is 0 Å². The number of carboxylic acid groups (broad SMARTS) is 1. The highest BCUT2D eigenvalue weighted by Crippen LogP contribution is 2.29. The molecular formula is C14H24N2O3. The van der Waals surface area contributed by atoms with Crippen molar-refractivity contribution >= 4 is 11.9 Å². The van der Waals surface area contributed by atoms with Crippen molar-refractivity contribution in [1.82, 2.24) is 10.2 Å². The summed E-state index contributed by atoms with van der Waals surface area (Å²) < 4.78 is 0. The zero-order valence-electron chi connectivity index (χ0n) is 11.7. The number of piperidine rings is 1. The Hall–Kier alpha value is -1.10. The van der Waals surface area contributed by atoms with Crippen molar-refractivity contribution in [3.05, 3.63) is 0 Å². The summed E-state index contributed by atoms with van der Waals surface area (Å²) in [6.07, 6.45) is 6.11. The second-order valence-electron chi connectivity index (χ2n) is 6.23. The van der Waals surface area contributed by atoms with Gasteiger partial charge in [-0.3, -0.25) is 14.5 Å². The summed E-state index contributed by atoms with van der Waals surface area (Å²) in [6, 6.07) is 0.336. The second-order valence-corrected chi connectivity index (χ2v) is 6.23. The van der Waals surface area contributed by atoms with E-state index in [0.717, 1.165) is 25.8 Å². The summed E-state index contributed by atoms with van der Waals surface area (Å²) in [5.41, 5.74) is -0.702. The molecule has 1 aliphatic carbocycles. The predicted molar refractivity (Wildman–Crippen MR) is 71.8 cm³/mol. The van der Waals surface area contributed by atoms with Crippen molar-refractivity contribution < 1.29 is 14.7 Å². The minimum Gasteiger partial charge on any atom is -0.481 e. The highest BCUT2D eigenvalue weighted by Gasteiger charge is 2.38. The van der Waals surface area contributed by atoms with Crippen LogP contribution >= 0.6 is 0 Å². The van der Waals surface area contributed by atoms with Gasteiger partial charge in [0.15, 0.2) is 0 Å². The number of likely N-dealkylation sites (tertiary alicyclic amines) is 1. The molecule has 2 N–H and O–H groups in total. The molecule has 2 rings (SSSR count). The SMILES string of the molecule is CC1(C(=O)O)CCCN(CC(=O)NC2CCCC2)C1. The van der Waals surface area contributed by atoms with Crippen LogP contribution in [-0.4, -0.2) is 47.6 Å². The lowest BCUT2D eigenvalue weighted by atomic mass is 9.82. The maximum absolute atomic E-state index is 11.9. The molecule has 108 valence electrons. The highest BCUT2D eigenvalue weighted by molar-refractivity contribution is 5.79. The van der Waals surface area contributed by atoms with Gasteiger partial charge in [-0.25, -0.2) is 0 Å². The van der Waals surface area contributed by atoms with E-state index in [1.54, 1.807) is 6.92 Å². The lowest BCUT2D eigenvalue weighted by molar-refractivity contribution is -0.151. The largest absolute Gasteiger partial charge is 0.481 e. The number of carbonyl (C=O) groups excluding carboxylic acids is 1. The molecule has 1 atom stereocenters. The molecule has 0 bridgehead atoms. The number of carboxylic acids is 1. The maximum Gasteiger partial charge on any atom is 0.310 e. The molecule has 0 spiro atoms. The van der Waals surface area contributed by atoms with Gasteiger partial charge in [0.05, 0.1) is 12.0 Å². The summed E-state index contributed by atoms with van der Waals surface area (Å²) in [7, 11) is 0. The van der Waals surface area contributed by atoms with Gasteiger partial charge in [-0.05, 0) is 39.2 Å². The highest BCUT2D eigenvalue weighted by atomic mass is 16.4. The van der Waals surface area contributed by atoms with Crippen molar-refractivity contribution in [3.63, 3.8) is 0 Å². The number of aliphatic carboxylic acids is 1. The summed E-state index contributed by atoms with van der Waals surface area (Å²) in [6.45, 7) is 3.40. The molecule has 1 saturated carbocycles. The third-order valence-corrected chi connectivity index (χ3v) is 4.38. The van der Waals surface area contributed by atoms with E-state index in [2.05, 4.69) is 5.32 Å². The van der Waals surface area contributed by atoms with Crippen LogP contribution in [0.5, 0.6) is 0 Å². The zero-order valence-corrected chi connectivity index (χ0v) is 11.7. The maximum atomic E-state index is 11.9. The topological polar surface area (TPSA) is 69.6 Å². The van der Waals surface area contributed by atoms with Gasteiger partial charge in [0, 0.05) is 12.6 Å². The van der Waals surface area contributed by atoms with Gasteiger partial charge < -0.3 is 10.4 Å². The van der Waals surface area contributed by atoms with E-state index in [0.29, 0.717) is 25.6 Å². The van der Waals surface area contributed by atoms with Gasteiger partial charge >= 0.3 is 5.97 Å². The normalized spacial score (nSPS) is 29.3. The van der Waals surface area contributed by atoms with Crippen LogP contribution in [0.1, 0.15) is 45.4 Å². The van der Waals surface area contributed by atoms with E-state index in [1.165, 1.54) is 12.8 Å². The van der Waals surface area contributed by atoms with E-state index in [-0.39, 0.29) is 5.91 Å². The minimum absolute atomic E-state index is 0.0431. The summed E-state index contributed by atoms with van der Waals surface area (Å²) in [5, 5.41) is 12.3. The molecule has 0 aromatic rings. The number of nitrogens with zero attached hydrogens (tertiary/aromatic N) is 1. The molecule has 0 radical (unpaired) electrons. The van der Waals surface area contributed by atoms with E-state index in [1.807, 2.05) is 4.90 Å². The Bertz CT molecular complexity index is 353. The summed E-state index contributed by atoms with van der Waals surface area (Å²) in [4.78, 5) is 25.2. The molecule has 5 nitrogen and oxygen atoms in total. The van der Waals surface area contributed by atoms with Crippen molar-refractivity contribution in [2.75, 3.05) is 19.6 Å². The van der Waals surface area contributed by atoms with Crippen LogP contribution < -0.4 is 5.32 Å². The Kier molecular flexibility index (Phi) is 4.45. The molecule has 2 fully saturated rings.